The van der Waals surface area contributed by atoms with E-state index in [1.54, 1.807) is 11.6 Å². The average Bonchev–Trinajstić information content (AvgIpc) is 2.88. The second-order valence-electron chi connectivity index (χ2n) is 4.74. The number of nitrogens with one attached hydrogen (secondary N) is 2. The number of rotatable bonds is 5. The number of aromatic nitrogens is 2. The largest absolute Gasteiger partial charge is 0.450 e. The van der Waals surface area contributed by atoms with Crippen LogP contribution in [-0.4, -0.2) is 22.5 Å². The van der Waals surface area contributed by atoms with E-state index in [0.717, 1.165) is 11.3 Å². The summed E-state index contributed by atoms with van der Waals surface area (Å²) in [6.07, 6.45) is 3.38. The summed E-state index contributed by atoms with van der Waals surface area (Å²) < 4.78 is 6.60. The topological polar surface area (TPSA) is 68.2 Å². The number of hydrogen-bond acceptors (Lipinski definition) is 4. The summed E-state index contributed by atoms with van der Waals surface area (Å²) in [6.45, 7) is 4.20. The van der Waals surface area contributed by atoms with Crippen molar-refractivity contribution in [3.63, 3.8) is 0 Å². The number of carbonyl (C=O) groups is 1. The lowest BCUT2D eigenvalue weighted by molar-refractivity contribution is 0.168. The van der Waals surface area contributed by atoms with Gasteiger partial charge in [0.15, 0.2) is 0 Å². The van der Waals surface area contributed by atoms with E-state index in [-0.39, 0.29) is 6.04 Å². The number of nitrogens with zero attached hydrogens (tertiary/aromatic N) is 2. The Morgan fingerprint density at radius 1 is 1.33 bits per heavy atom. The molecule has 1 unspecified atom stereocenters. The molecule has 1 amide bonds. The quantitative estimate of drug-likeness (QED) is 0.886. The van der Waals surface area contributed by atoms with E-state index in [9.17, 15) is 4.79 Å². The van der Waals surface area contributed by atoms with Crippen LogP contribution < -0.4 is 10.6 Å². The van der Waals surface area contributed by atoms with Crippen LogP contribution >= 0.6 is 0 Å². The van der Waals surface area contributed by atoms with Gasteiger partial charge in [-0.05, 0) is 38.1 Å². The molecule has 1 aromatic heterocycles. The van der Waals surface area contributed by atoms with Crippen molar-refractivity contribution in [1.29, 1.82) is 0 Å². The predicted octanol–water partition coefficient (Wildman–Crippen LogP) is 3.16. The molecule has 6 heteroatoms. The number of aryl methyl sites for hydroxylation is 1. The fourth-order valence-electron chi connectivity index (χ4n) is 1.93. The molecule has 0 saturated carbocycles. The van der Waals surface area contributed by atoms with Crippen molar-refractivity contribution in [2.45, 2.75) is 19.9 Å². The zero-order chi connectivity index (χ0) is 15.2. The van der Waals surface area contributed by atoms with Crippen molar-refractivity contribution in [3.05, 3.63) is 42.2 Å². The van der Waals surface area contributed by atoms with Crippen LogP contribution in [0.5, 0.6) is 0 Å². The number of hydrogen-bond donors (Lipinski definition) is 2. The lowest BCUT2D eigenvalue weighted by atomic mass is 10.2. The van der Waals surface area contributed by atoms with E-state index in [2.05, 4.69) is 22.7 Å². The first-order valence-corrected chi connectivity index (χ1v) is 6.87. The highest BCUT2D eigenvalue weighted by molar-refractivity contribution is 5.84. The van der Waals surface area contributed by atoms with E-state index in [1.807, 2.05) is 43.7 Å². The predicted molar refractivity (Wildman–Crippen MR) is 82.3 cm³/mol. The van der Waals surface area contributed by atoms with Gasteiger partial charge in [0.2, 0.25) is 0 Å². The van der Waals surface area contributed by atoms with E-state index in [0.29, 0.717) is 12.3 Å². The Kier molecular flexibility index (Phi) is 4.81. The first kappa shape index (κ1) is 14.9. The van der Waals surface area contributed by atoms with Gasteiger partial charge in [-0.2, -0.15) is 5.10 Å². The van der Waals surface area contributed by atoms with Crippen LogP contribution in [0.4, 0.5) is 16.2 Å². The maximum absolute atomic E-state index is 11.3. The molecular weight excluding hydrogens is 268 g/mol. The zero-order valence-electron chi connectivity index (χ0n) is 12.5. The molecule has 0 aliphatic heterocycles. The summed E-state index contributed by atoms with van der Waals surface area (Å²) in [7, 11) is 1.89. The van der Waals surface area contributed by atoms with Crippen molar-refractivity contribution < 1.29 is 9.53 Å². The SMILES string of the molecule is CCOC(=O)Nc1ccc(NC(C)c2cnn(C)c2)cc1. The monoisotopic (exact) mass is 288 g/mol. The molecule has 2 N–H and O–H groups in total. The first-order valence-electron chi connectivity index (χ1n) is 6.87. The summed E-state index contributed by atoms with van der Waals surface area (Å²) in [6, 6.07) is 7.63. The molecule has 0 bridgehead atoms. The molecule has 0 aliphatic rings. The van der Waals surface area contributed by atoms with Crippen molar-refractivity contribution in [1.82, 2.24) is 9.78 Å². The molecule has 0 spiro atoms. The maximum atomic E-state index is 11.3. The minimum Gasteiger partial charge on any atom is -0.450 e. The Labute approximate surface area is 124 Å². The molecule has 1 atom stereocenters. The highest BCUT2D eigenvalue weighted by atomic mass is 16.5. The molecule has 112 valence electrons. The Morgan fingerprint density at radius 2 is 2.00 bits per heavy atom. The van der Waals surface area contributed by atoms with Crippen molar-refractivity contribution in [2.75, 3.05) is 17.2 Å². The van der Waals surface area contributed by atoms with Gasteiger partial charge in [-0.3, -0.25) is 10.00 Å². The maximum Gasteiger partial charge on any atom is 0.411 e. The van der Waals surface area contributed by atoms with Gasteiger partial charge in [-0.15, -0.1) is 0 Å². The second kappa shape index (κ2) is 6.78. The molecule has 0 saturated heterocycles. The molecule has 1 aromatic carbocycles. The van der Waals surface area contributed by atoms with Crippen molar-refractivity contribution in [3.8, 4) is 0 Å². The highest BCUT2D eigenvalue weighted by Crippen LogP contribution is 2.20. The van der Waals surface area contributed by atoms with Gasteiger partial charge < -0.3 is 10.1 Å². The first-order chi connectivity index (χ1) is 10.1. The van der Waals surface area contributed by atoms with Gasteiger partial charge in [0.1, 0.15) is 0 Å². The van der Waals surface area contributed by atoms with Crippen LogP contribution in [0, 0.1) is 0 Å². The number of benzene rings is 1. The van der Waals surface area contributed by atoms with Crippen LogP contribution in [0.3, 0.4) is 0 Å². The molecule has 1 heterocycles. The molecule has 0 radical (unpaired) electrons. The summed E-state index contributed by atoms with van der Waals surface area (Å²) in [5.74, 6) is 0. The third kappa shape index (κ3) is 4.24. The van der Waals surface area contributed by atoms with Gasteiger partial charge in [0, 0.05) is 30.2 Å². The summed E-state index contributed by atoms with van der Waals surface area (Å²) in [5.41, 5.74) is 2.79. The van der Waals surface area contributed by atoms with Crippen LogP contribution in [-0.2, 0) is 11.8 Å². The van der Waals surface area contributed by atoms with Crippen molar-refractivity contribution in [2.24, 2.45) is 7.05 Å². The Bertz CT molecular complexity index is 592. The number of ether oxygens (including phenoxy) is 1. The minimum absolute atomic E-state index is 0.155. The third-order valence-electron chi connectivity index (χ3n) is 3.01. The molecule has 2 rings (SSSR count). The second-order valence-corrected chi connectivity index (χ2v) is 4.74. The van der Waals surface area contributed by atoms with Crippen LogP contribution in [0.2, 0.25) is 0 Å². The van der Waals surface area contributed by atoms with Crippen molar-refractivity contribution >= 4 is 17.5 Å². The van der Waals surface area contributed by atoms with Gasteiger partial charge >= 0.3 is 6.09 Å². The minimum atomic E-state index is -0.443. The summed E-state index contributed by atoms with van der Waals surface area (Å²) >= 11 is 0. The Morgan fingerprint density at radius 3 is 2.57 bits per heavy atom. The van der Waals surface area contributed by atoms with E-state index >= 15 is 0 Å². The lowest BCUT2D eigenvalue weighted by Crippen LogP contribution is -2.13. The number of anilines is 2. The number of carbonyl (C=O) groups excluding carboxylic acids is 1. The molecule has 0 aliphatic carbocycles. The zero-order valence-corrected chi connectivity index (χ0v) is 12.5. The lowest BCUT2D eigenvalue weighted by Gasteiger charge is -2.14. The van der Waals surface area contributed by atoms with Gasteiger partial charge in [0.05, 0.1) is 18.8 Å². The Hall–Kier alpha value is -2.50. The van der Waals surface area contributed by atoms with E-state index < -0.39 is 6.09 Å². The summed E-state index contributed by atoms with van der Waals surface area (Å²) in [4.78, 5) is 11.3. The van der Waals surface area contributed by atoms with E-state index in [4.69, 9.17) is 4.74 Å². The normalized spacial score (nSPS) is 11.8. The van der Waals surface area contributed by atoms with E-state index in [1.165, 1.54) is 0 Å². The van der Waals surface area contributed by atoms with Gasteiger partial charge in [-0.25, -0.2) is 4.79 Å². The van der Waals surface area contributed by atoms with Gasteiger partial charge in [-0.1, -0.05) is 0 Å². The molecule has 2 aromatic rings. The molecule has 0 fully saturated rings. The summed E-state index contributed by atoms with van der Waals surface area (Å²) in [5, 5.41) is 10.2. The highest BCUT2D eigenvalue weighted by Gasteiger charge is 2.07. The standard InChI is InChI=1S/C15H20N4O2/c1-4-21-15(20)18-14-7-5-13(6-8-14)17-11(2)12-9-16-19(3)10-12/h5-11,17H,4H2,1-3H3,(H,18,20). The molecule has 6 nitrogen and oxygen atoms in total. The fourth-order valence-corrected chi connectivity index (χ4v) is 1.93. The average molecular weight is 288 g/mol. The number of amides is 1. The van der Waals surface area contributed by atoms with Crippen LogP contribution in [0.15, 0.2) is 36.7 Å². The fraction of sp³-hybridized carbons (Fsp3) is 0.333. The molecule has 21 heavy (non-hydrogen) atoms. The van der Waals surface area contributed by atoms with Crippen LogP contribution in [0.25, 0.3) is 0 Å². The van der Waals surface area contributed by atoms with Crippen LogP contribution in [0.1, 0.15) is 25.5 Å². The third-order valence-corrected chi connectivity index (χ3v) is 3.01. The smallest absolute Gasteiger partial charge is 0.411 e. The Balaban J connectivity index is 1.94. The molecular formula is C15H20N4O2. The van der Waals surface area contributed by atoms with Gasteiger partial charge in [0.25, 0.3) is 0 Å².